The van der Waals surface area contributed by atoms with Crippen molar-refractivity contribution in [2.45, 2.75) is 46.6 Å². The van der Waals surface area contributed by atoms with Crippen LogP contribution < -0.4 is 5.73 Å². The van der Waals surface area contributed by atoms with Gasteiger partial charge in [0.15, 0.2) is 0 Å². The first-order valence-corrected chi connectivity index (χ1v) is 5.95. The van der Waals surface area contributed by atoms with Crippen LogP contribution in [0.25, 0.3) is 0 Å². The van der Waals surface area contributed by atoms with Crippen LogP contribution in [0, 0.1) is 20.8 Å². The first-order valence-electron chi connectivity index (χ1n) is 5.95. The summed E-state index contributed by atoms with van der Waals surface area (Å²) in [6.45, 7) is 12.6. The molecule has 16 heavy (non-hydrogen) atoms. The Hall–Kier alpha value is -1.08. The third kappa shape index (κ3) is 2.96. The summed E-state index contributed by atoms with van der Waals surface area (Å²) >= 11 is 0. The fraction of sp³-hybridized carbons (Fsp3) is 0.467. The second-order valence-electron chi connectivity index (χ2n) is 4.73. The van der Waals surface area contributed by atoms with Crippen LogP contribution >= 0.6 is 0 Å². The van der Waals surface area contributed by atoms with Crippen molar-refractivity contribution in [2.75, 3.05) is 0 Å². The van der Waals surface area contributed by atoms with E-state index in [0.29, 0.717) is 0 Å². The molecule has 88 valence electrons. The van der Waals surface area contributed by atoms with Gasteiger partial charge in [-0.1, -0.05) is 36.8 Å². The molecule has 0 bridgehead atoms. The number of nitrogens with two attached hydrogens (primary N) is 1. The summed E-state index contributed by atoms with van der Waals surface area (Å²) in [4.78, 5) is 0. The van der Waals surface area contributed by atoms with E-state index in [2.05, 4.69) is 46.4 Å². The first-order chi connectivity index (χ1) is 7.45. The molecule has 0 aliphatic rings. The maximum atomic E-state index is 6.26. The highest BCUT2D eigenvalue weighted by atomic mass is 14.6. The molecular weight excluding hydrogens is 194 g/mol. The summed E-state index contributed by atoms with van der Waals surface area (Å²) in [7, 11) is 0. The van der Waals surface area contributed by atoms with Gasteiger partial charge in [-0.2, -0.15) is 0 Å². The van der Waals surface area contributed by atoms with E-state index < -0.39 is 0 Å². The Bertz CT molecular complexity index is 367. The fourth-order valence-electron chi connectivity index (χ4n) is 2.33. The van der Waals surface area contributed by atoms with E-state index in [4.69, 9.17) is 5.73 Å². The van der Waals surface area contributed by atoms with E-state index in [9.17, 15) is 0 Å². The summed E-state index contributed by atoms with van der Waals surface area (Å²) in [5.74, 6) is 0. The highest BCUT2D eigenvalue weighted by Crippen LogP contribution is 2.26. The third-order valence-corrected chi connectivity index (χ3v) is 3.12. The molecule has 0 fully saturated rings. The van der Waals surface area contributed by atoms with Gasteiger partial charge in [0.05, 0.1) is 0 Å². The monoisotopic (exact) mass is 217 g/mol. The van der Waals surface area contributed by atoms with Crippen molar-refractivity contribution in [1.82, 2.24) is 0 Å². The van der Waals surface area contributed by atoms with Gasteiger partial charge >= 0.3 is 0 Å². The van der Waals surface area contributed by atoms with Gasteiger partial charge in [-0.15, -0.1) is 0 Å². The molecule has 1 aromatic rings. The minimum Gasteiger partial charge on any atom is -0.324 e. The van der Waals surface area contributed by atoms with Crippen molar-refractivity contribution < 1.29 is 0 Å². The summed E-state index contributed by atoms with van der Waals surface area (Å²) in [5.41, 5.74) is 12.7. The van der Waals surface area contributed by atoms with Crippen molar-refractivity contribution in [3.63, 3.8) is 0 Å². The number of rotatable bonds is 4. The van der Waals surface area contributed by atoms with Crippen molar-refractivity contribution >= 4 is 0 Å². The highest BCUT2D eigenvalue weighted by molar-refractivity contribution is 5.39. The molecule has 1 aromatic carbocycles. The molecule has 2 N–H and O–H groups in total. The van der Waals surface area contributed by atoms with Crippen LogP contribution in [0.4, 0.5) is 0 Å². The molecule has 1 heteroatoms. The number of benzene rings is 1. The summed E-state index contributed by atoms with van der Waals surface area (Å²) in [5, 5.41) is 0. The minimum atomic E-state index is 0.0908. The molecule has 1 nitrogen and oxygen atoms in total. The molecule has 0 aliphatic carbocycles. The van der Waals surface area contributed by atoms with E-state index in [1.807, 2.05) is 0 Å². The molecule has 1 rings (SSSR count). The van der Waals surface area contributed by atoms with E-state index in [-0.39, 0.29) is 6.04 Å². The maximum Gasteiger partial charge on any atom is 0.0337 e. The van der Waals surface area contributed by atoms with Gasteiger partial charge < -0.3 is 5.73 Å². The Labute approximate surface area is 99.4 Å². The SMILES string of the molecule is C=C(CC)CC(N)c1c(C)cc(C)cc1C. The van der Waals surface area contributed by atoms with E-state index in [0.717, 1.165) is 12.8 Å². The Morgan fingerprint density at radius 2 is 1.75 bits per heavy atom. The van der Waals surface area contributed by atoms with Crippen molar-refractivity contribution in [2.24, 2.45) is 5.73 Å². The van der Waals surface area contributed by atoms with Gasteiger partial charge in [0.25, 0.3) is 0 Å². The Morgan fingerprint density at radius 1 is 1.25 bits per heavy atom. The lowest BCUT2D eigenvalue weighted by molar-refractivity contribution is 0.692. The lowest BCUT2D eigenvalue weighted by atomic mass is 9.91. The zero-order valence-corrected chi connectivity index (χ0v) is 10.9. The van der Waals surface area contributed by atoms with Gasteiger partial charge in [-0.05, 0) is 50.3 Å². The van der Waals surface area contributed by atoms with Crippen LogP contribution in [0.1, 0.15) is 48.1 Å². The van der Waals surface area contributed by atoms with Crippen LogP contribution in [0.2, 0.25) is 0 Å². The molecule has 0 aliphatic heterocycles. The minimum absolute atomic E-state index is 0.0908. The molecule has 0 spiro atoms. The Morgan fingerprint density at radius 3 is 2.19 bits per heavy atom. The van der Waals surface area contributed by atoms with Gasteiger partial charge in [0.1, 0.15) is 0 Å². The molecular formula is C15H23N. The predicted molar refractivity (Wildman–Crippen MR) is 71.6 cm³/mol. The van der Waals surface area contributed by atoms with E-state index >= 15 is 0 Å². The number of aryl methyl sites for hydroxylation is 3. The maximum absolute atomic E-state index is 6.26. The van der Waals surface area contributed by atoms with Crippen LogP contribution in [0.5, 0.6) is 0 Å². The molecule has 0 radical (unpaired) electrons. The van der Waals surface area contributed by atoms with Gasteiger partial charge in [-0.3, -0.25) is 0 Å². The lowest BCUT2D eigenvalue weighted by Crippen LogP contribution is -2.14. The summed E-state index contributed by atoms with van der Waals surface area (Å²) < 4.78 is 0. The van der Waals surface area contributed by atoms with Crippen LogP contribution in [0.3, 0.4) is 0 Å². The Balaban J connectivity index is 2.99. The van der Waals surface area contributed by atoms with E-state index in [1.54, 1.807) is 0 Å². The average molecular weight is 217 g/mol. The zero-order valence-electron chi connectivity index (χ0n) is 10.9. The first kappa shape index (κ1) is 13.0. The standard InChI is InChI=1S/C15H23N/c1-6-10(2)9-14(16)15-12(4)7-11(3)8-13(15)5/h7-8,14H,2,6,9,16H2,1,3-5H3. The Kier molecular flexibility index (Phi) is 4.31. The summed E-state index contributed by atoms with van der Waals surface area (Å²) in [6.07, 6.45) is 1.90. The molecule has 0 heterocycles. The molecule has 1 unspecified atom stereocenters. The smallest absolute Gasteiger partial charge is 0.0337 e. The van der Waals surface area contributed by atoms with Crippen molar-refractivity contribution in [3.8, 4) is 0 Å². The van der Waals surface area contributed by atoms with Gasteiger partial charge in [0, 0.05) is 6.04 Å². The topological polar surface area (TPSA) is 26.0 Å². The van der Waals surface area contributed by atoms with Gasteiger partial charge in [-0.25, -0.2) is 0 Å². The second-order valence-corrected chi connectivity index (χ2v) is 4.73. The average Bonchev–Trinajstić information content (AvgIpc) is 2.15. The van der Waals surface area contributed by atoms with Crippen LogP contribution in [0.15, 0.2) is 24.3 Å². The van der Waals surface area contributed by atoms with Crippen molar-refractivity contribution in [1.29, 1.82) is 0 Å². The predicted octanol–water partition coefficient (Wildman–Crippen LogP) is 3.97. The quantitative estimate of drug-likeness (QED) is 0.759. The van der Waals surface area contributed by atoms with Crippen molar-refractivity contribution in [3.05, 3.63) is 46.5 Å². The van der Waals surface area contributed by atoms with E-state index in [1.165, 1.54) is 27.8 Å². The number of hydrogen-bond acceptors (Lipinski definition) is 1. The molecule has 0 amide bonds. The largest absolute Gasteiger partial charge is 0.324 e. The zero-order chi connectivity index (χ0) is 12.3. The van der Waals surface area contributed by atoms with Gasteiger partial charge in [0.2, 0.25) is 0 Å². The van der Waals surface area contributed by atoms with Crippen LogP contribution in [-0.4, -0.2) is 0 Å². The molecule has 0 aromatic heterocycles. The van der Waals surface area contributed by atoms with Crippen LogP contribution in [-0.2, 0) is 0 Å². The molecule has 1 atom stereocenters. The second kappa shape index (κ2) is 5.31. The lowest BCUT2D eigenvalue weighted by Gasteiger charge is -2.19. The highest BCUT2D eigenvalue weighted by Gasteiger charge is 2.12. The summed E-state index contributed by atoms with van der Waals surface area (Å²) in [6, 6.07) is 4.50. The molecule has 0 saturated heterocycles. The molecule has 0 saturated carbocycles. The number of hydrogen-bond donors (Lipinski definition) is 1. The fourth-order valence-corrected chi connectivity index (χ4v) is 2.33. The third-order valence-electron chi connectivity index (χ3n) is 3.12. The normalized spacial score (nSPS) is 12.6.